The maximum atomic E-state index is 5.26. The van der Waals surface area contributed by atoms with Crippen molar-refractivity contribution >= 4 is 0 Å². The van der Waals surface area contributed by atoms with E-state index in [4.69, 9.17) is 4.74 Å². The van der Waals surface area contributed by atoms with Crippen LogP contribution in [0, 0.1) is 5.92 Å². The molecule has 2 nitrogen and oxygen atoms in total. The molecule has 0 bridgehead atoms. The highest BCUT2D eigenvalue weighted by molar-refractivity contribution is 5.32. The number of ether oxygens (including phenoxy) is 1. The summed E-state index contributed by atoms with van der Waals surface area (Å²) in [5, 5.41) is 3.47. The fraction of sp³-hybridized carbons (Fsp3) is 0.538. The molecule has 82 valence electrons. The van der Waals surface area contributed by atoms with Gasteiger partial charge in [0, 0.05) is 12.5 Å². The molecule has 0 aromatic heterocycles. The van der Waals surface area contributed by atoms with Crippen LogP contribution in [0.25, 0.3) is 0 Å². The predicted molar refractivity (Wildman–Crippen MR) is 62.4 cm³/mol. The van der Waals surface area contributed by atoms with Gasteiger partial charge in [-0.05, 0) is 30.2 Å². The number of rotatable bonds is 3. The average Bonchev–Trinajstić information content (AvgIpc) is 2.77. The van der Waals surface area contributed by atoms with Crippen LogP contribution in [0.4, 0.5) is 0 Å². The Morgan fingerprint density at radius 1 is 1.40 bits per heavy atom. The first-order valence-corrected chi connectivity index (χ1v) is 5.69. The second-order valence-electron chi connectivity index (χ2n) is 4.21. The molecular formula is C13H19NO. The lowest BCUT2D eigenvalue weighted by Crippen LogP contribution is -2.09. The molecule has 1 saturated heterocycles. The van der Waals surface area contributed by atoms with Crippen molar-refractivity contribution in [1.82, 2.24) is 5.32 Å². The largest absolute Gasteiger partial charge is 0.497 e. The van der Waals surface area contributed by atoms with Crippen LogP contribution in [0.3, 0.4) is 0 Å². The Hall–Kier alpha value is -1.02. The van der Waals surface area contributed by atoms with E-state index in [1.54, 1.807) is 7.11 Å². The Bertz CT molecular complexity index is 324. The molecule has 2 rings (SSSR count). The molecule has 1 aromatic carbocycles. The van der Waals surface area contributed by atoms with Crippen molar-refractivity contribution in [3.05, 3.63) is 29.8 Å². The first kappa shape index (κ1) is 10.5. The quantitative estimate of drug-likeness (QED) is 0.818. The molecule has 0 saturated carbocycles. The molecule has 1 aliphatic rings. The molecule has 15 heavy (non-hydrogen) atoms. The Kier molecular flexibility index (Phi) is 3.27. The van der Waals surface area contributed by atoms with Gasteiger partial charge in [0.15, 0.2) is 0 Å². The van der Waals surface area contributed by atoms with Gasteiger partial charge in [-0.3, -0.25) is 0 Å². The van der Waals surface area contributed by atoms with E-state index >= 15 is 0 Å². The molecule has 0 amide bonds. The van der Waals surface area contributed by atoms with E-state index in [-0.39, 0.29) is 0 Å². The van der Waals surface area contributed by atoms with Gasteiger partial charge in [-0.25, -0.2) is 0 Å². The molecule has 1 aliphatic heterocycles. The maximum absolute atomic E-state index is 5.26. The fourth-order valence-electron chi connectivity index (χ4n) is 2.42. The van der Waals surface area contributed by atoms with Crippen molar-refractivity contribution in [3.63, 3.8) is 0 Å². The highest BCUT2D eigenvalue weighted by atomic mass is 16.5. The Balaban J connectivity index is 2.20. The van der Waals surface area contributed by atoms with Crippen molar-refractivity contribution in [2.75, 3.05) is 20.2 Å². The summed E-state index contributed by atoms with van der Waals surface area (Å²) >= 11 is 0. The molecule has 0 spiro atoms. The third-order valence-electron chi connectivity index (χ3n) is 3.39. The minimum Gasteiger partial charge on any atom is -0.497 e. The van der Waals surface area contributed by atoms with Crippen LogP contribution in [0.5, 0.6) is 5.75 Å². The van der Waals surface area contributed by atoms with Gasteiger partial charge in [0.25, 0.3) is 0 Å². The third-order valence-corrected chi connectivity index (χ3v) is 3.39. The summed E-state index contributed by atoms with van der Waals surface area (Å²) < 4.78 is 5.26. The Morgan fingerprint density at radius 2 is 2.27 bits per heavy atom. The van der Waals surface area contributed by atoms with Gasteiger partial charge in [-0.2, -0.15) is 0 Å². The zero-order chi connectivity index (χ0) is 10.7. The van der Waals surface area contributed by atoms with Gasteiger partial charge in [-0.1, -0.05) is 25.5 Å². The summed E-state index contributed by atoms with van der Waals surface area (Å²) in [5.74, 6) is 2.40. The number of nitrogens with one attached hydrogen (secondary N) is 1. The van der Waals surface area contributed by atoms with E-state index in [1.807, 2.05) is 6.07 Å². The van der Waals surface area contributed by atoms with Gasteiger partial charge in [-0.15, -0.1) is 0 Å². The first-order chi connectivity index (χ1) is 7.35. The van der Waals surface area contributed by atoms with E-state index in [0.717, 1.165) is 24.8 Å². The molecule has 1 N–H and O–H groups in total. The van der Waals surface area contributed by atoms with E-state index in [0.29, 0.717) is 5.92 Å². The summed E-state index contributed by atoms with van der Waals surface area (Å²) in [6, 6.07) is 8.47. The average molecular weight is 205 g/mol. The smallest absolute Gasteiger partial charge is 0.119 e. The van der Waals surface area contributed by atoms with Crippen LogP contribution in [0.1, 0.15) is 24.8 Å². The summed E-state index contributed by atoms with van der Waals surface area (Å²) in [5.41, 5.74) is 1.41. The van der Waals surface area contributed by atoms with Gasteiger partial charge >= 0.3 is 0 Å². The summed E-state index contributed by atoms with van der Waals surface area (Å²) in [6.45, 7) is 4.52. The first-order valence-electron chi connectivity index (χ1n) is 5.69. The lowest BCUT2D eigenvalue weighted by molar-refractivity contribution is 0.412. The van der Waals surface area contributed by atoms with Crippen LogP contribution in [-0.2, 0) is 0 Å². The maximum Gasteiger partial charge on any atom is 0.119 e. The molecule has 0 aliphatic carbocycles. The van der Waals surface area contributed by atoms with Gasteiger partial charge < -0.3 is 10.1 Å². The van der Waals surface area contributed by atoms with E-state index in [2.05, 4.69) is 30.4 Å². The van der Waals surface area contributed by atoms with Gasteiger partial charge in [0.1, 0.15) is 5.75 Å². The van der Waals surface area contributed by atoms with E-state index < -0.39 is 0 Å². The van der Waals surface area contributed by atoms with Crippen LogP contribution in [0.15, 0.2) is 24.3 Å². The second kappa shape index (κ2) is 4.67. The summed E-state index contributed by atoms with van der Waals surface area (Å²) in [7, 11) is 1.73. The molecule has 1 fully saturated rings. The monoisotopic (exact) mass is 205 g/mol. The number of hydrogen-bond acceptors (Lipinski definition) is 2. The predicted octanol–water partition coefficient (Wildman–Crippen LogP) is 2.41. The van der Waals surface area contributed by atoms with E-state index in [1.165, 1.54) is 12.0 Å². The molecule has 1 aromatic rings. The van der Waals surface area contributed by atoms with Crippen LogP contribution < -0.4 is 10.1 Å². The topological polar surface area (TPSA) is 21.3 Å². The van der Waals surface area contributed by atoms with Crippen molar-refractivity contribution < 1.29 is 4.74 Å². The van der Waals surface area contributed by atoms with Crippen molar-refractivity contribution in [2.45, 2.75) is 19.3 Å². The second-order valence-corrected chi connectivity index (χ2v) is 4.21. The molecule has 2 heteroatoms. The minimum absolute atomic E-state index is 0.657. The standard InChI is InChI=1S/C13H19NO/c1-3-10-8-14-9-13(10)11-5-4-6-12(7-11)15-2/h4-7,10,13-14H,3,8-9H2,1-2H3/t10-,13+/m1/s1. The number of benzene rings is 1. The van der Waals surface area contributed by atoms with Crippen molar-refractivity contribution in [3.8, 4) is 5.75 Å². The van der Waals surface area contributed by atoms with Crippen LogP contribution in [-0.4, -0.2) is 20.2 Å². The zero-order valence-electron chi connectivity index (χ0n) is 9.49. The fourth-order valence-corrected chi connectivity index (χ4v) is 2.42. The zero-order valence-corrected chi connectivity index (χ0v) is 9.49. The highest BCUT2D eigenvalue weighted by Gasteiger charge is 2.26. The number of hydrogen-bond donors (Lipinski definition) is 1. The number of methoxy groups -OCH3 is 1. The summed E-state index contributed by atoms with van der Waals surface area (Å²) in [4.78, 5) is 0. The minimum atomic E-state index is 0.657. The molecule has 2 atom stereocenters. The van der Waals surface area contributed by atoms with E-state index in [9.17, 15) is 0 Å². The van der Waals surface area contributed by atoms with Crippen molar-refractivity contribution in [1.29, 1.82) is 0 Å². The normalized spacial score (nSPS) is 25.5. The molecular weight excluding hydrogens is 186 g/mol. The van der Waals surface area contributed by atoms with Crippen LogP contribution >= 0.6 is 0 Å². The van der Waals surface area contributed by atoms with Gasteiger partial charge in [0.2, 0.25) is 0 Å². The van der Waals surface area contributed by atoms with Crippen molar-refractivity contribution in [2.24, 2.45) is 5.92 Å². The Morgan fingerprint density at radius 3 is 3.00 bits per heavy atom. The van der Waals surface area contributed by atoms with Gasteiger partial charge in [0.05, 0.1) is 7.11 Å². The summed E-state index contributed by atoms with van der Waals surface area (Å²) in [6.07, 6.45) is 1.24. The highest BCUT2D eigenvalue weighted by Crippen LogP contribution is 2.31. The SMILES string of the molecule is CC[C@@H]1CNC[C@@H]1c1cccc(OC)c1. The lowest BCUT2D eigenvalue weighted by atomic mass is 9.87. The molecule has 0 radical (unpaired) electrons. The molecule has 1 heterocycles. The van der Waals surface area contributed by atoms with Crippen LogP contribution in [0.2, 0.25) is 0 Å². The molecule has 0 unspecified atom stereocenters. The lowest BCUT2D eigenvalue weighted by Gasteiger charge is -2.17. The Labute approximate surface area is 91.6 Å². The third kappa shape index (κ3) is 2.15.